The Kier molecular flexibility index (Phi) is 7.18. The fourth-order valence-electron chi connectivity index (χ4n) is 6.68. The Morgan fingerprint density at radius 2 is 1.27 bits per heavy atom. The summed E-state index contributed by atoms with van der Waals surface area (Å²) in [6.45, 7) is 14.0. The molecule has 244 valence electrons. The van der Waals surface area contributed by atoms with Gasteiger partial charge in [0.2, 0.25) is 0 Å². The lowest BCUT2D eigenvalue weighted by molar-refractivity contribution is 0.483. The van der Waals surface area contributed by atoms with Crippen LogP contribution in [0.3, 0.4) is 0 Å². The highest BCUT2D eigenvalue weighted by atomic mass is 16.5. The normalized spacial score (nSPS) is 13.3. The van der Waals surface area contributed by atoms with Gasteiger partial charge in [-0.1, -0.05) is 65.8 Å². The second-order valence-corrected chi connectivity index (χ2v) is 14.8. The zero-order valence-corrected chi connectivity index (χ0v) is 28.8. The molecule has 0 aliphatic carbocycles. The molecular weight excluding hydrogens is 605 g/mol. The summed E-state index contributed by atoms with van der Waals surface area (Å²) in [5, 5.41) is 2.34. The van der Waals surface area contributed by atoms with Crippen LogP contribution in [-0.2, 0) is 10.8 Å². The molecule has 1 aliphatic heterocycles. The first-order valence-electron chi connectivity index (χ1n) is 16.8. The van der Waals surface area contributed by atoms with Crippen molar-refractivity contribution in [2.45, 2.75) is 52.4 Å². The Morgan fingerprint density at radius 1 is 0.571 bits per heavy atom. The molecule has 8 rings (SSSR count). The maximum Gasteiger partial charge on any atom is 0.137 e. The lowest BCUT2D eigenvalue weighted by Gasteiger charge is -2.24. The van der Waals surface area contributed by atoms with Gasteiger partial charge in [0.25, 0.3) is 0 Å². The molecule has 7 aromatic rings. The monoisotopic (exact) mass is 644 g/mol. The van der Waals surface area contributed by atoms with Gasteiger partial charge >= 0.3 is 0 Å². The SMILES string of the molecule is CC(C)(C)c1ccnc(N2CN(c3cccc(Oc4ccc5c6ccccc6n(-c6cc(C(C)(C)C)ccn6)c5c4)c3)c3cnccc32)c1. The van der Waals surface area contributed by atoms with Crippen LogP contribution >= 0.6 is 0 Å². The van der Waals surface area contributed by atoms with Crippen LogP contribution in [0.5, 0.6) is 11.5 Å². The molecule has 0 radical (unpaired) electrons. The van der Waals surface area contributed by atoms with E-state index >= 15 is 0 Å². The highest BCUT2D eigenvalue weighted by Crippen LogP contribution is 2.44. The Balaban J connectivity index is 1.15. The second kappa shape index (κ2) is 11.5. The molecule has 0 fully saturated rings. The van der Waals surface area contributed by atoms with Crippen LogP contribution in [-0.4, -0.2) is 26.2 Å². The van der Waals surface area contributed by atoms with Crippen LogP contribution in [0.25, 0.3) is 27.6 Å². The number of anilines is 4. The summed E-state index contributed by atoms with van der Waals surface area (Å²) in [5.41, 5.74) is 7.79. The summed E-state index contributed by atoms with van der Waals surface area (Å²) in [5.74, 6) is 3.32. The number of fused-ring (bicyclic) bond motifs is 4. The van der Waals surface area contributed by atoms with Crippen molar-refractivity contribution in [1.29, 1.82) is 0 Å². The Morgan fingerprint density at radius 3 is 2.04 bits per heavy atom. The van der Waals surface area contributed by atoms with Crippen LogP contribution in [0.15, 0.2) is 122 Å². The van der Waals surface area contributed by atoms with E-state index in [2.05, 4.69) is 146 Å². The molecule has 7 nitrogen and oxygen atoms in total. The third-order valence-electron chi connectivity index (χ3n) is 9.38. The minimum atomic E-state index is 0.00562. The summed E-state index contributed by atoms with van der Waals surface area (Å²) >= 11 is 0. The molecule has 7 heteroatoms. The van der Waals surface area contributed by atoms with E-state index in [-0.39, 0.29) is 10.8 Å². The first kappa shape index (κ1) is 30.6. The molecule has 0 saturated heterocycles. The van der Waals surface area contributed by atoms with E-state index in [1.165, 1.54) is 16.5 Å². The number of nitrogens with zero attached hydrogens (tertiary/aromatic N) is 6. The summed E-state index contributed by atoms with van der Waals surface area (Å²) in [4.78, 5) is 18.6. The molecule has 5 heterocycles. The molecule has 0 spiro atoms. The van der Waals surface area contributed by atoms with Gasteiger partial charge in [-0.25, -0.2) is 9.97 Å². The summed E-state index contributed by atoms with van der Waals surface area (Å²) in [6, 6.07) is 33.7. The van der Waals surface area contributed by atoms with E-state index in [1.807, 2.05) is 36.9 Å². The van der Waals surface area contributed by atoms with Gasteiger partial charge in [-0.2, -0.15) is 0 Å². The van der Waals surface area contributed by atoms with Crippen LogP contribution in [0.4, 0.5) is 22.9 Å². The topological polar surface area (TPSA) is 59.3 Å². The lowest BCUT2D eigenvalue weighted by atomic mass is 9.88. The fraction of sp³-hybridized carbons (Fsp3) is 0.214. The Bertz CT molecular complexity index is 2350. The predicted octanol–water partition coefficient (Wildman–Crippen LogP) is 10.6. The van der Waals surface area contributed by atoms with Crippen LogP contribution in [0.2, 0.25) is 0 Å². The molecule has 4 aromatic heterocycles. The zero-order chi connectivity index (χ0) is 33.9. The van der Waals surface area contributed by atoms with E-state index in [1.54, 1.807) is 0 Å². The van der Waals surface area contributed by atoms with Crippen molar-refractivity contribution >= 4 is 44.7 Å². The third kappa shape index (κ3) is 5.55. The fourth-order valence-corrected chi connectivity index (χ4v) is 6.68. The number of pyridine rings is 3. The minimum Gasteiger partial charge on any atom is -0.457 e. The van der Waals surface area contributed by atoms with Crippen molar-refractivity contribution in [3.8, 4) is 17.3 Å². The quantitative estimate of drug-likeness (QED) is 0.186. The van der Waals surface area contributed by atoms with E-state index in [9.17, 15) is 0 Å². The minimum absolute atomic E-state index is 0.00562. The van der Waals surface area contributed by atoms with Gasteiger partial charge in [0.1, 0.15) is 29.8 Å². The highest BCUT2D eigenvalue weighted by molar-refractivity contribution is 6.09. The number of para-hydroxylation sites is 1. The summed E-state index contributed by atoms with van der Waals surface area (Å²) < 4.78 is 8.85. The largest absolute Gasteiger partial charge is 0.457 e. The molecule has 0 amide bonds. The molecule has 1 aliphatic rings. The van der Waals surface area contributed by atoms with Gasteiger partial charge in [-0.3, -0.25) is 9.55 Å². The van der Waals surface area contributed by atoms with Crippen molar-refractivity contribution in [2.75, 3.05) is 16.5 Å². The molecule has 0 N–H and O–H groups in total. The molecule has 0 unspecified atom stereocenters. The van der Waals surface area contributed by atoms with E-state index in [0.29, 0.717) is 6.67 Å². The molecular formula is C42H40N6O. The van der Waals surface area contributed by atoms with Crippen molar-refractivity contribution in [3.05, 3.63) is 133 Å². The number of aromatic nitrogens is 4. The average molecular weight is 645 g/mol. The average Bonchev–Trinajstić information content (AvgIpc) is 3.64. The maximum atomic E-state index is 6.60. The van der Waals surface area contributed by atoms with Crippen LogP contribution < -0.4 is 14.5 Å². The number of hydrogen-bond acceptors (Lipinski definition) is 6. The molecule has 0 saturated carbocycles. The van der Waals surface area contributed by atoms with Gasteiger partial charge < -0.3 is 14.5 Å². The Labute approximate surface area is 287 Å². The molecule has 49 heavy (non-hydrogen) atoms. The van der Waals surface area contributed by atoms with E-state index < -0.39 is 0 Å². The first-order valence-corrected chi connectivity index (χ1v) is 16.8. The highest BCUT2D eigenvalue weighted by Gasteiger charge is 2.30. The Hall–Kier alpha value is -5.69. The van der Waals surface area contributed by atoms with Gasteiger partial charge in [-0.15, -0.1) is 0 Å². The van der Waals surface area contributed by atoms with Gasteiger partial charge in [-0.05, 0) is 82.6 Å². The van der Waals surface area contributed by atoms with E-state index in [4.69, 9.17) is 14.7 Å². The third-order valence-corrected chi connectivity index (χ3v) is 9.38. The first-order chi connectivity index (χ1) is 23.5. The maximum absolute atomic E-state index is 6.60. The van der Waals surface area contributed by atoms with Gasteiger partial charge in [0.15, 0.2) is 0 Å². The second-order valence-electron chi connectivity index (χ2n) is 14.8. The van der Waals surface area contributed by atoms with Gasteiger partial charge in [0.05, 0.1) is 28.6 Å². The predicted molar refractivity (Wildman–Crippen MR) is 200 cm³/mol. The molecule has 0 bridgehead atoms. The van der Waals surface area contributed by atoms with Gasteiger partial charge in [0, 0.05) is 47.2 Å². The van der Waals surface area contributed by atoms with Crippen molar-refractivity contribution in [1.82, 2.24) is 19.5 Å². The lowest BCUT2D eigenvalue weighted by Crippen LogP contribution is -2.25. The van der Waals surface area contributed by atoms with Crippen molar-refractivity contribution in [3.63, 3.8) is 0 Å². The smallest absolute Gasteiger partial charge is 0.137 e. The standard InChI is InChI=1S/C42H40N6O/c1-41(2,3)28-16-20-44-39(22-28)47-27-46(38-26-43-19-18-36(38)47)30-10-9-11-31(24-30)49-32-14-15-34-33-12-7-8-13-35(33)48(37(34)25-32)40-23-29(17-21-45-40)42(4,5)6/h7-26H,27H2,1-6H3. The summed E-state index contributed by atoms with van der Waals surface area (Å²) in [6.07, 6.45) is 7.58. The molecule has 0 atom stereocenters. The van der Waals surface area contributed by atoms with Crippen molar-refractivity contribution in [2.24, 2.45) is 0 Å². The van der Waals surface area contributed by atoms with Crippen LogP contribution in [0.1, 0.15) is 52.7 Å². The number of rotatable bonds is 5. The number of benzene rings is 3. The van der Waals surface area contributed by atoms with Crippen LogP contribution in [0, 0.1) is 0 Å². The number of ether oxygens (including phenoxy) is 1. The molecule has 3 aromatic carbocycles. The zero-order valence-electron chi connectivity index (χ0n) is 28.8. The van der Waals surface area contributed by atoms with E-state index in [0.717, 1.165) is 56.6 Å². The summed E-state index contributed by atoms with van der Waals surface area (Å²) in [7, 11) is 0. The number of hydrogen-bond donors (Lipinski definition) is 0. The van der Waals surface area contributed by atoms with Crippen molar-refractivity contribution < 1.29 is 4.74 Å².